The number of ether oxygens (including phenoxy) is 1. The van der Waals surface area contributed by atoms with Crippen LogP contribution in [0.1, 0.15) is 18.4 Å². The molecule has 1 amide bonds. The number of methoxy groups -OCH3 is 1. The van der Waals surface area contributed by atoms with Gasteiger partial charge in [-0.3, -0.25) is 4.79 Å². The van der Waals surface area contributed by atoms with Gasteiger partial charge in [0, 0.05) is 22.8 Å². The van der Waals surface area contributed by atoms with E-state index in [-0.39, 0.29) is 11.7 Å². The normalized spacial score (nSPS) is 15.2. The van der Waals surface area contributed by atoms with Crippen LogP contribution in [0, 0.1) is 5.82 Å². The molecule has 1 fully saturated rings. The molecule has 0 radical (unpaired) electrons. The zero-order valence-electron chi connectivity index (χ0n) is 13.2. The lowest BCUT2D eigenvalue weighted by Crippen LogP contribution is -2.27. The summed E-state index contributed by atoms with van der Waals surface area (Å²) in [5.74, 6) is 0.425. The maximum Gasteiger partial charge on any atom is 0.235 e. The number of hydrogen-bond donors (Lipinski definition) is 2. The number of benzene rings is 2. The molecular formula is C19H17FN2O2. The number of H-pyrrole nitrogens is 1. The van der Waals surface area contributed by atoms with Crippen molar-refractivity contribution in [2.75, 3.05) is 12.4 Å². The molecule has 122 valence electrons. The van der Waals surface area contributed by atoms with Gasteiger partial charge < -0.3 is 15.0 Å². The predicted octanol–water partition coefficient (Wildman–Crippen LogP) is 3.99. The number of anilines is 1. The van der Waals surface area contributed by atoms with E-state index in [0.717, 1.165) is 35.2 Å². The molecular weight excluding hydrogens is 307 g/mol. The Kier molecular flexibility index (Phi) is 3.30. The van der Waals surface area contributed by atoms with Gasteiger partial charge in [0.05, 0.1) is 12.5 Å². The second-order valence-electron chi connectivity index (χ2n) is 6.16. The molecule has 1 aliphatic carbocycles. The van der Waals surface area contributed by atoms with Gasteiger partial charge in [-0.25, -0.2) is 4.39 Å². The Morgan fingerprint density at radius 1 is 1.21 bits per heavy atom. The summed E-state index contributed by atoms with van der Waals surface area (Å²) < 4.78 is 18.5. The SMILES string of the molecule is COc1ccc(NC(=O)C2(c3c[nH]c4cc(F)ccc34)CC2)cc1. The lowest BCUT2D eigenvalue weighted by Gasteiger charge is -2.15. The fourth-order valence-corrected chi connectivity index (χ4v) is 3.16. The number of hydrogen-bond acceptors (Lipinski definition) is 2. The van der Waals surface area contributed by atoms with E-state index in [4.69, 9.17) is 4.74 Å². The molecule has 0 saturated heterocycles. The third-order valence-corrected chi connectivity index (χ3v) is 4.69. The molecule has 1 saturated carbocycles. The van der Waals surface area contributed by atoms with E-state index in [2.05, 4.69) is 10.3 Å². The van der Waals surface area contributed by atoms with Crippen LogP contribution in [0.5, 0.6) is 5.75 Å². The van der Waals surface area contributed by atoms with Gasteiger partial charge in [0.1, 0.15) is 11.6 Å². The number of carbonyl (C=O) groups is 1. The van der Waals surface area contributed by atoms with Crippen molar-refractivity contribution in [1.82, 2.24) is 4.98 Å². The van der Waals surface area contributed by atoms with E-state index in [1.54, 1.807) is 13.2 Å². The molecule has 4 nitrogen and oxygen atoms in total. The van der Waals surface area contributed by atoms with Crippen molar-refractivity contribution in [3.63, 3.8) is 0 Å². The lowest BCUT2D eigenvalue weighted by atomic mass is 9.94. The van der Waals surface area contributed by atoms with Gasteiger partial charge in [-0.2, -0.15) is 0 Å². The van der Waals surface area contributed by atoms with Crippen molar-refractivity contribution in [2.24, 2.45) is 0 Å². The van der Waals surface area contributed by atoms with Crippen LogP contribution in [0.2, 0.25) is 0 Å². The van der Waals surface area contributed by atoms with Gasteiger partial charge in [0.25, 0.3) is 0 Å². The van der Waals surface area contributed by atoms with Crippen LogP contribution in [0.3, 0.4) is 0 Å². The van der Waals surface area contributed by atoms with E-state index in [0.29, 0.717) is 5.52 Å². The van der Waals surface area contributed by atoms with Crippen LogP contribution in [0.4, 0.5) is 10.1 Å². The van der Waals surface area contributed by atoms with Crippen molar-refractivity contribution in [3.8, 4) is 5.75 Å². The summed E-state index contributed by atoms with van der Waals surface area (Å²) in [6.07, 6.45) is 3.41. The summed E-state index contributed by atoms with van der Waals surface area (Å²) in [5.41, 5.74) is 1.85. The third-order valence-electron chi connectivity index (χ3n) is 4.69. The third kappa shape index (κ3) is 2.33. The minimum absolute atomic E-state index is 0.0297. The summed E-state index contributed by atoms with van der Waals surface area (Å²) in [5, 5.41) is 3.88. The van der Waals surface area contributed by atoms with Gasteiger partial charge in [-0.1, -0.05) is 0 Å². The zero-order valence-corrected chi connectivity index (χ0v) is 13.2. The highest BCUT2D eigenvalue weighted by atomic mass is 19.1. The van der Waals surface area contributed by atoms with Crippen LogP contribution in [0.15, 0.2) is 48.7 Å². The molecule has 0 unspecified atom stereocenters. The molecule has 24 heavy (non-hydrogen) atoms. The Hall–Kier alpha value is -2.82. The molecule has 0 aliphatic heterocycles. The Morgan fingerprint density at radius 3 is 2.62 bits per heavy atom. The van der Waals surface area contributed by atoms with Crippen LogP contribution in [-0.2, 0) is 10.2 Å². The summed E-state index contributed by atoms with van der Waals surface area (Å²) in [4.78, 5) is 15.9. The van der Waals surface area contributed by atoms with Crippen molar-refractivity contribution in [3.05, 3.63) is 60.0 Å². The first kappa shape index (κ1) is 14.8. The average Bonchev–Trinajstić information content (AvgIpc) is 3.30. The van der Waals surface area contributed by atoms with E-state index in [9.17, 15) is 9.18 Å². The summed E-state index contributed by atoms with van der Waals surface area (Å²) in [6, 6.07) is 11.9. The first-order chi connectivity index (χ1) is 11.6. The Balaban J connectivity index is 1.62. The zero-order chi connectivity index (χ0) is 16.7. The van der Waals surface area contributed by atoms with Gasteiger partial charge in [-0.15, -0.1) is 0 Å². The molecule has 0 atom stereocenters. The fraction of sp³-hybridized carbons (Fsp3) is 0.211. The van der Waals surface area contributed by atoms with E-state index in [1.807, 2.05) is 30.5 Å². The predicted molar refractivity (Wildman–Crippen MR) is 90.8 cm³/mol. The number of halogens is 1. The average molecular weight is 324 g/mol. The molecule has 5 heteroatoms. The highest BCUT2D eigenvalue weighted by Gasteiger charge is 2.52. The lowest BCUT2D eigenvalue weighted by molar-refractivity contribution is -0.118. The number of nitrogens with one attached hydrogen (secondary N) is 2. The molecule has 0 spiro atoms. The molecule has 1 heterocycles. The van der Waals surface area contributed by atoms with Crippen LogP contribution in [0.25, 0.3) is 10.9 Å². The first-order valence-corrected chi connectivity index (χ1v) is 7.85. The van der Waals surface area contributed by atoms with Crippen LogP contribution >= 0.6 is 0 Å². The monoisotopic (exact) mass is 324 g/mol. The number of aromatic amines is 1. The van der Waals surface area contributed by atoms with Gasteiger partial charge in [-0.05, 0) is 60.9 Å². The second-order valence-corrected chi connectivity index (χ2v) is 6.16. The molecule has 0 bridgehead atoms. The Labute approximate surface area is 138 Å². The first-order valence-electron chi connectivity index (χ1n) is 7.85. The van der Waals surface area contributed by atoms with Gasteiger partial charge in [0.15, 0.2) is 0 Å². The highest BCUT2D eigenvalue weighted by molar-refractivity contribution is 6.04. The van der Waals surface area contributed by atoms with Crippen LogP contribution in [-0.4, -0.2) is 18.0 Å². The standard InChI is InChI=1S/C19H17FN2O2/c1-24-14-5-3-13(4-6-14)22-18(23)19(8-9-19)16-11-21-17-10-12(20)2-7-15(16)17/h2-7,10-11,21H,8-9H2,1H3,(H,22,23). The van der Waals surface area contributed by atoms with Crippen molar-refractivity contribution >= 4 is 22.5 Å². The molecule has 4 rings (SSSR count). The van der Waals surface area contributed by atoms with Crippen LogP contribution < -0.4 is 10.1 Å². The topological polar surface area (TPSA) is 54.1 Å². The minimum atomic E-state index is -0.532. The van der Waals surface area contributed by atoms with Crippen molar-refractivity contribution in [1.29, 1.82) is 0 Å². The maximum atomic E-state index is 13.4. The van der Waals surface area contributed by atoms with Gasteiger partial charge in [0.2, 0.25) is 5.91 Å². The minimum Gasteiger partial charge on any atom is -0.497 e. The summed E-state index contributed by atoms with van der Waals surface area (Å²) in [7, 11) is 1.60. The summed E-state index contributed by atoms with van der Waals surface area (Å²) >= 11 is 0. The van der Waals surface area contributed by atoms with E-state index >= 15 is 0 Å². The number of fused-ring (bicyclic) bond motifs is 1. The number of amides is 1. The number of rotatable bonds is 4. The number of aromatic nitrogens is 1. The quantitative estimate of drug-likeness (QED) is 0.762. The molecule has 1 aliphatic rings. The maximum absolute atomic E-state index is 13.4. The fourth-order valence-electron chi connectivity index (χ4n) is 3.16. The molecule has 3 aromatic rings. The van der Waals surface area contributed by atoms with Crippen molar-refractivity contribution in [2.45, 2.75) is 18.3 Å². The van der Waals surface area contributed by atoms with E-state index in [1.165, 1.54) is 12.1 Å². The Morgan fingerprint density at radius 2 is 1.96 bits per heavy atom. The van der Waals surface area contributed by atoms with Crippen molar-refractivity contribution < 1.29 is 13.9 Å². The summed E-state index contributed by atoms with van der Waals surface area (Å²) in [6.45, 7) is 0. The second kappa shape index (κ2) is 5.37. The number of carbonyl (C=O) groups excluding carboxylic acids is 1. The Bertz CT molecular complexity index is 911. The molecule has 2 aromatic carbocycles. The highest BCUT2D eigenvalue weighted by Crippen LogP contribution is 2.51. The van der Waals surface area contributed by atoms with Gasteiger partial charge >= 0.3 is 0 Å². The largest absolute Gasteiger partial charge is 0.497 e. The smallest absolute Gasteiger partial charge is 0.235 e. The van der Waals surface area contributed by atoms with E-state index < -0.39 is 5.41 Å². The molecule has 2 N–H and O–H groups in total. The molecule has 1 aromatic heterocycles.